The molecular weight excluding hydrogens is 255 g/mol. The van der Waals surface area contributed by atoms with E-state index in [1.54, 1.807) is 6.07 Å². The highest BCUT2D eigenvalue weighted by Crippen LogP contribution is 2.32. The van der Waals surface area contributed by atoms with Crippen LogP contribution in [0.2, 0.25) is 0 Å². The zero-order valence-corrected chi connectivity index (χ0v) is 11.4. The van der Waals surface area contributed by atoms with E-state index in [4.69, 9.17) is 0 Å². The van der Waals surface area contributed by atoms with Crippen LogP contribution in [0.15, 0.2) is 18.2 Å². The summed E-state index contributed by atoms with van der Waals surface area (Å²) in [4.78, 5) is 0.396. The van der Waals surface area contributed by atoms with E-state index in [0.29, 0.717) is 4.83 Å². The van der Waals surface area contributed by atoms with E-state index in [1.165, 1.54) is 0 Å². The van der Waals surface area contributed by atoms with Crippen LogP contribution >= 0.6 is 15.9 Å². The van der Waals surface area contributed by atoms with Crippen molar-refractivity contribution in [2.45, 2.75) is 44.4 Å². The highest BCUT2D eigenvalue weighted by molar-refractivity contribution is 9.09. The minimum atomic E-state index is -0.126. The molecule has 1 aromatic carbocycles. The molecular formula is C13H18BrF. The van der Waals surface area contributed by atoms with Gasteiger partial charge in [-0.05, 0) is 30.4 Å². The number of aryl methyl sites for hydroxylation is 1. The van der Waals surface area contributed by atoms with Crippen LogP contribution in [0.5, 0.6) is 0 Å². The van der Waals surface area contributed by atoms with Gasteiger partial charge < -0.3 is 0 Å². The summed E-state index contributed by atoms with van der Waals surface area (Å²) in [7, 11) is 0. The third kappa shape index (κ3) is 3.30. The van der Waals surface area contributed by atoms with Gasteiger partial charge in [-0.1, -0.05) is 54.4 Å². The molecule has 1 atom stereocenters. The molecule has 84 valence electrons. The summed E-state index contributed by atoms with van der Waals surface area (Å²) in [6.45, 7) is 8.26. The van der Waals surface area contributed by atoms with Gasteiger partial charge in [0, 0.05) is 4.83 Å². The second kappa shape index (κ2) is 4.65. The third-order valence-electron chi connectivity index (χ3n) is 2.64. The van der Waals surface area contributed by atoms with E-state index in [2.05, 4.69) is 36.7 Å². The zero-order chi connectivity index (χ0) is 11.6. The molecule has 1 unspecified atom stereocenters. The first-order valence-electron chi connectivity index (χ1n) is 5.23. The molecule has 1 aromatic rings. The maximum absolute atomic E-state index is 13.7. The topological polar surface area (TPSA) is 0 Å². The Morgan fingerprint density at radius 1 is 1.40 bits per heavy atom. The van der Waals surface area contributed by atoms with Gasteiger partial charge in [-0.3, -0.25) is 0 Å². The fraction of sp³-hybridized carbons (Fsp3) is 0.538. The Balaban J connectivity index is 3.08. The molecule has 0 aliphatic carbocycles. The molecule has 0 aliphatic rings. The van der Waals surface area contributed by atoms with Crippen molar-refractivity contribution < 1.29 is 4.39 Å². The maximum Gasteiger partial charge on any atom is 0.126 e. The lowest BCUT2D eigenvalue weighted by Gasteiger charge is -2.27. The molecule has 15 heavy (non-hydrogen) atoms. The van der Waals surface area contributed by atoms with Gasteiger partial charge >= 0.3 is 0 Å². The minimum absolute atomic E-state index is 0.0984. The van der Waals surface area contributed by atoms with Gasteiger partial charge in [0.1, 0.15) is 5.82 Å². The molecule has 0 bridgehead atoms. The zero-order valence-electron chi connectivity index (χ0n) is 9.77. The normalized spacial score (nSPS) is 14.0. The van der Waals surface area contributed by atoms with Crippen molar-refractivity contribution in [3.63, 3.8) is 0 Å². The molecule has 0 amide bonds. The van der Waals surface area contributed by atoms with Gasteiger partial charge in [0.05, 0.1) is 0 Å². The van der Waals surface area contributed by atoms with Crippen LogP contribution in [0.3, 0.4) is 0 Å². The van der Waals surface area contributed by atoms with E-state index in [0.717, 1.165) is 17.5 Å². The van der Waals surface area contributed by atoms with Crippen LogP contribution in [-0.2, 0) is 5.41 Å². The molecule has 0 heterocycles. The second-order valence-electron chi connectivity index (χ2n) is 4.85. The Morgan fingerprint density at radius 3 is 2.53 bits per heavy atom. The van der Waals surface area contributed by atoms with Crippen LogP contribution in [0, 0.1) is 12.7 Å². The van der Waals surface area contributed by atoms with Gasteiger partial charge in [0.25, 0.3) is 0 Å². The van der Waals surface area contributed by atoms with Crippen molar-refractivity contribution in [3.05, 3.63) is 35.1 Å². The lowest BCUT2D eigenvalue weighted by atomic mass is 9.80. The SMILES string of the molecule is Cc1ccc(F)c(C(C)(C)CC(C)Br)c1. The van der Waals surface area contributed by atoms with E-state index < -0.39 is 0 Å². The first kappa shape index (κ1) is 12.7. The Hall–Kier alpha value is -0.370. The maximum atomic E-state index is 13.7. The number of hydrogen-bond donors (Lipinski definition) is 0. The van der Waals surface area contributed by atoms with Gasteiger partial charge in [-0.15, -0.1) is 0 Å². The molecule has 0 saturated carbocycles. The fourth-order valence-electron chi connectivity index (χ4n) is 1.97. The number of hydrogen-bond acceptors (Lipinski definition) is 0. The van der Waals surface area contributed by atoms with E-state index >= 15 is 0 Å². The van der Waals surface area contributed by atoms with Crippen LogP contribution in [0.4, 0.5) is 4.39 Å². The monoisotopic (exact) mass is 272 g/mol. The smallest absolute Gasteiger partial charge is 0.126 e. The van der Waals surface area contributed by atoms with Gasteiger partial charge in [-0.2, -0.15) is 0 Å². The summed E-state index contributed by atoms with van der Waals surface area (Å²) in [6, 6.07) is 5.32. The summed E-state index contributed by atoms with van der Waals surface area (Å²) in [6.07, 6.45) is 0.924. The van der Waals surface area contributed by atoms with Crippen molar-refractivity contribution in [2.24, 2.45) is 0 Å². The van der Waals surface area contributed by atoms with Crippen LogP contribution in [0.25, 0.3) is 0 Å². The molecule has 0 fully saturated rings. The summed E-state index contributed by atoms with van der Waals surface area (Å²) >= 11 is 3.53. The van der Waals surface area contributed by atoms with Crippen molar-refractivity contribution in [1.29, 1.82) is 0 Å². The second-order valence-corrected chi connectivity index (χ2v) is 6.42. The van der Waals surface area contributed by atoms with Gasteiger partial charge in [0.2, 0.25) is 0 Å². The summed E-state index contributed by atoms with van der Waals surface area (Å²) in [5.41, 5.74) is 1.80. The van der Waals surface area contributed by atoms with Gasteiger partial charge in [0.15, 0.2) is 0 Å². The lowest BCUT2D eigenvalue weighted by molar-refractivity contribution is 0.451. The Labute approximate surface area is 100 Å². The summed E-state index contributed by atoms with van der Waals surface area (Å²) in [5, 5.41) is 0. The average Bonchev–Trinajstić information content (AvgIpc) is 2.06. The van der Waals surface area contributed by atoms with E-state index in [1.807, 2.05) is 19.1 Å². The minimum Gasteiger partial charge on any atom is -0.207 e. The largest absolute Gasteiger partial charge is 0.207 e. The Kier molecular flexibility index (Phi) is 3.93. The molecule has 0 aliphatic heterocycles. The van der Waals surface area contributed by atoms with Gasteiger partial charge in [-0.25, -0.2) is 4.39 Å². The first-order valence-corrected chi connectivity index (χ1v) is 6.15. The van der Waals surface area contributed by atoms with Crippen molar-refractivity contribution in [3.8, 4) is 0 Å². The third-order valence-corrected chi connectivity index (χ3v) is 2.97. The van der Waals surface area contributed by atoms with Crippen molar-refractivity contribution >= 4 is 15.9 Å². The average molecular weight is 273 g/mol. The molecule has 0 radical (unpaired) electrons. The van der Waals surface area contributed by atoms with E-state index in [-0.39, 0.29) is 11.2 Å². The lowest BCUT2D eigenvalue weighted by Crippen LogP contribution is -2.22. The number of rotatable bonds is 3. The number of halogens is 2. The van der Waals surface area contributed by atoms with Crippen molar-refractivity contribution in [2.75, 3.05) is 0 Å². The Bertz CT molecular complexity index is 342. The molecule has 0 N–H and O–H groups in total. The number of alkyl halides is 1. The Morgan fingerprint density at radius 2 is 2.00 bits per heavy atom. The van der Waals surface area contributed by atoms with Crippen LogP contribution in [0.1, 0.15) is 38.3 Å². The summed E-state index contributed by atoms with van der Waals surface area (Å²) < 4.78 is 13.7. The first-order chi connectivity index (χ1) is 6.83. The highest BCUT2D eigenvalue weighted by Gasteiger charge is 2.25. The molecule has 0 saturated heterocycles. The molecule has 0 aromatic heterocycles. The molecule has 0 nitrogen and oxygen atoms in total. The molecule has 0 spiro atoms. The van der Waals surface area contributed by atoms with Crippen LogP contribution < -0.4 is 0 Å². The summed E-state index contributed by atoms with van der Waals surface area (Å²) in [5.74, 6) is -0.0984. The number of benzene rings is 1. The van der Waals surface area contributed by atoms with Crippen molar-refractivity contribution in [1.82, 2.24) is 0 Å². The molecule has 2 heteroatoms. The predicted molar refractivity (Wildman–Crippen MR) is 67.2 cm³/mol. The van der Waals surface area contributed by atoms with Crippen LogP contribution in [-0.4, -0.2) is 4.83 Å². The highest BCUT2D eigenvalue weighted by atomic mass is 79.9. The molecule has 1 rings (SSSR count). The van der Waals surface area contributed by atoms with E-state index in [9.17, 15) is 4.39 Å². The predicted octanol–water partition coefficient (Wildman–Crippen LogP) is 4.59. The quantitative estimate of drug-likeness (QED) is 0.707. The standard InChI is InChI=1S/C13H18BrF/c1-9-5-6-12(15)11(7-9)13(3,4)8-10(2)14/h5-7,10H,8H2,1-4H3. The fourth-order valence-corrected chi connectivity index (χ4v) is 2.78.